The Hall–Kier alpha value is -5.26. The Morgan fingerprint density at radius 1 is 0.980 bits per heavy atom. The van der Waals surface area contributed by atoms with Gasteiger partial charge in [-0.15, -0.1) is 0 Å². The van der Waals surface area contributed by atoms with Gasteiger partial charge in [-0.3, -0.25) is 14.4 Å². The lowest BCUT2D eigenvalue weighted by Gasteiger charge is -2.41. The maximum absolute atomic E-state index is 15.2. The predicted octanol–water partition coefficient (Wildman–Crippen LogP) is 4.59. The lowest BCUT2D eigenvalue weighted by atomic mass is 9.68. The molecule has 0 saturated carbocycles. The highest BCUT2D eigenvalue weighted by molar-refractivity contribution is 6.15. The summed E-state index contributed by atoms with van der Waals surface area (Å²) in [7, 11) is 4.12. The molecule has 6 rings (SSSR count). The zero-order valence-corrected chi connectivity index (χ0v) is 28.1. The third-order valence-corrected chi connectivity index (χ3v) is 9.25. The minimum atomic E-state index is -2.10. The van der Waals surface area contributed by atoms with Gasteiger partial charge in [0, 0.05) is 24.6 Å². The Kier molecular flexibility index (Phi) is 9.40. The van der Waals surface area contributed by atoms with Crippen molar-refractivity contribution >= 4 is 23.6 Å². The maximum Gasteiger partial charge on any atom is 0.355 e. The lowest BCUT2D eigenvalue weighted by molar-refractivity contribution is -0.165. The van der Waals surface area contributed by atoms with Gasteiger partial charge < -0.3 is 38.6 Å². The largest absolute Gasteiger partial charge is 0.497 e. The summed E-state index contributed by atoms with van der Waals surface area (Å²) in [4.78, 5) is 59.4. The molecule has 2 amide bonds. The Morgan fingerprint density at radius 3 is 2.37 bits per heavy atom. The van der Waals surface area contributed by atoms with Gasteiger partial charge in [-0.2, -0.15) is 0 Å². The monoisotopic (exact) mass is 672 g/mol. The molecule has 1 fully saturated rings. The van der Waals surface area contributed by atoms with Crippen molar-refractivity contribution in [2.24, 2.45) is 11.8 Å². The number of benzene rings is 3. The van der Waals surface area contributed by atoms with Gasteiger partial charge in [0.15, 0.2) is 17.3 Å². The van der Waals surface area contributed by atoms with Gasteiger partial charge in [-0.1, -0.05) is 56.3 Å². The Bertz CT molecular complexity index is 1740. The molecule has 0 radical (unpaired) electrons. The van der Waals surface area contributed by atoms with E-state index in [4.69, 9.17) is 28.4 Å². The number of hydrogen-bond donors (Lipinski definition) is 1. The smallest absolute Gasteiger partial charge is 0.355 e. The van der Waals surface area contributed by atoms with E-state index >= 15 is 9.59 Å². The van der Waals surface area contributed by atoms with Crippen molar-refractivity contribution in [1.29, 1.82) is 0 Å². The fourth-order valence-corrected chi connectivity index (χ4v) is 7.11. The summed E-state index contributed by atoms with van der Waals surface area (Å²) in [6.07, 6.45) is 0.730. The average Bonchev–Trinajstić information content (AvgIpc) is 3.75. The van der Waals surface area contributed by atoms with Crippen LogP contribution < -0.4 is 29.0 Å². The van der Waals surface area contributed by atoms with E-state index in [9.17, 15) is 9.59 Å². The zero-order chi connectivity index (χ0) is 34.9. The molecule has 1 saturated heterocycles. The molecule has 3 aliphatic heterocycles. The number of esters is 1. The van der Waals surface area contributed by atoms with Crippen molar-refractivity contribution in [2.45, 2.75) is 50.8 Å². The highest BCUT2D eigenvalue weighted by Gasteiger charge is 2.62. The fourth-order valence-electron chi connectivity index (χ4n) is 7.11. The average molecular weight is 673 g/mol. The van der Waals surface area contributed by atoms with E-state index in [1.165, 1.54) is 32.3 Å². The van der Waals surface area contributed by atoms with Crippen LogP contribution in [0.2, 0.25) is 0 Å². The van der Waals surface area contributed by atoms with Gasteiger partial charge >= 0.3 is 5.97 Å². The first-order valence-corrected chi connectivity index (χ1v) is 16.3. The number of carbonyl (C=O) groups is 4. The van der Waals surface area contributed by atoms with Crippen molar-refractivity contribution in [3.05, 3.63) is 77.4 Å². The standard InChI is InChI=1S/C37H40N2O10/c1-21(2)18-28(40)38-27-12-9-17-39(27)35(42)30-31(22-10-7-6-8-11-22)37(36(43)46-5,23-13-15-24(44-3)16-14-23)49-25-19-26-33(48-20-47-26)34(45-4)29(25)32(30)41/h6-8,10-11,13-16,19,21,27,30-31H,9,12,17-18,20H2,1-5H3,(H,38,40)/t27-,30-,31-,37+/m1/s1. The Morgan fingerprint density at radius 2 is 1.71 bits per heavy atom. The number of rotatable bonds is 9. The fraction of sp³-hybridized carbons (Fsp3) is 0.405. The van der Waals surface area contributed by atoms with Gasteiger partial charge in [0.05, 0.1) is 27.2 Å². The van der Waals surface area contributed by atoms with Crippen LogP contribution in [0.25, 0.3) is 0 Å². The van der Waals surface area contributed by atoms with Crippen LogP contribution in [0, 0.1) is 11.8 Å². The number of hydrogen-bond acceptors (Lipinski definition) is 10. The molecule has 3 aromatic rings. The first-order chi connectivity index (χ1) is 23.6. The van der Waals surface area contributed by atoms with Crippen molar-refractivity contribution in [3.63, 3.8) is 0 Å². The minimum absolute atomic E-state index is 0.0122. The third kappa shape index (κ3) is 5.89. The normalized spacial score (nSPS) is 22.5. The van der Waals surface area contributed by atoms with Crippen LogP contribution in [-0.2, 0) is 24.7 Å². The first kappa shape index (κ1) is 33.6. The highest BCUT2D eigenvalue weighted by atomic mass is 16.7. The van der Waals surface area contributed by atoms with Crippen molar-refractivity contribution in [1.82, 2.24) is 10.2 Å². The molecule has 1 N–H and O–H groups in total. The number of likely N-dealkylation sites (tertiary alicyclic amines) is 1. The molecular formula is C37H40N2O10. The Balaban J connectivity index is 1.63. The number of carbonyl (C=O) groups excluding carboxylic acids is 4. The van der Waals surface area contributed by atoms with E-state index in [2.05, 4.69) is 5.32 Å². The second kappa shape index (κ2) is 13.7. The van der Waals surface area contributed by atoms with Gasteiger partial charge in [-0.05, 0) is 36.5 Å². The van der Waals surface area contributed by atoms with Crippen molar-refractivity contribution < 1.29 is 47.6 Å². The second-order valence-corrected chi connectivity index (χ2v) is 12.7. The van der Waals surface area contributed by atoms with Crippen LogP contribution in [-0.4, -0.2) is 69.3 Å². The summed E-state index contributed by atoms with van der Waals surface area (Å²) in [5.74, 6) is -4.09. The summed E-state index contributed by atoms with van der Waals surface area (Å²) in [5, 5.41) is 3.00. The van der Waals surface area contributed by atoms with E-state index in [-0.39, 0.29) is 60.1 Å². The molecule has 0 bridgehead atoms. The highest BCUT2D eigenvalue weighted by Crippen LogP contribution is 2.56. The molecule has 12 nitrogen and oxygen atoms in total. The van der Waals surface area contributed by atoms with Gasteiger partial charge in [-0.25, -0.2) is 4.79 Å². The molecule has 4 atom stereocenters. The van der Waals surface area contributed by atoms with E-state index in [1.54, 1.807) is 54.6 Å². The topological polar surface area (TPSA) is 139 Å². The van der Waals surface area contributed by atoms with Crippen molar-refractivity contribution in [3.8, 4) is 28.7 Å². The Labute approximate surface area is 284 Å². The minimum Gasteiger partial charge on any atom is -0.497 e. The molecule has 0 unspecified atom stereocenters. The molecule has 3 heterocycles. The zero-order valence-electron chi connectivity index (χ0n) is 28.1. The number of nitrogens with zero attached hydrogens (tertiary/aromatic N) is 1. The molecule has 0 spiro atoms. The van der Waals surface area contributed by atoms with E-state index in [0.717, 1.165) is 0 Å². The number of ketones is 1. The first-order valence-electron chi connectivity index (χ1n) is 16.3. The van der Waals surface area contributed by atoms with E-state index in [0.29, 0.717) is 29.7 Å². The summed E-state index contributed by atoms with van der Waals surface area (Å²) in [6.45, 7) is 4.03. The summed E-state index contributed by atoms with van der Waals surface area (Å²) in [6, 6.07) is 16.9. The van der Waals surface area contributed by atoms with Gasteiger partial charge in [0.2, 0.25) is 30.0 Å². The number of ether oxygens (including phenoxy) is 6. The van der Waals surface area contributed by atoms with Crippen LogP contribution >= 0.6 is 0 Å². The number of methoxy groups -OCH3 is 3. The molecule has 258 valence electrons. The summed E-state index contributed by atoms with van der Waals surface area (Å²) >= 11 is 0. The molecule has 3 aromatic carbocycles. The molecular weight excluding hydrogens is 632 g/mol. The molecule has 0 aromatic heterocycles. The van der Waals surface area contributed by atoms with Crippen LogP contribution in [0.1, 0.15) is 60.5 Å². The lowest BCUT2D eigenvalue weighted by Crippen LogP contribution is -2.55. The van der Waals surface area contributed by atoms with Crippen LogP contribution in [0.5, 0.6) is 28.7 Å². The SMILES string of the molecule is COC(=O)[C@@]1(c2ccc(OC)cc2)Oc2cc3c(c(OC)c2C(=O)[C@H](C(=O)N2CCC[C@@H]2NC(=O)CC(C)C)[C@H]1c1ccccc1)OCO3. The number of Topliss-reactive ketones (excluding diaryl/α,β-unsaturated/α-hetero) is 1. The predicted molar refractivity (Wildman–Crippen MR) is 176 cm³/mol. The molecule has 12 heteroatoms. The number of nitrogens with one attached hydrogen (secondary N) is 1. The molecule has 49 heavy (non-hydrogen) atoms. The quantitative estimate of drug-likeness (QED) is 0.254. The maximum atomic E-state index is 15.2. The summed E-state index contributed by atoms with van der Waals surface area (Å²) < 4.78 is 34.9. The van der Waals surface area contributed by atoms with E-state index in [1.807, 2.05) is 13.8 Å². The number of amides is 2. The van der Waals surface area contributed by atoms with Crippen LogP contribution in [0.15, 0.2) is 60.7 Å². The second-order valence-electron chi connectivity index (χ2n) is 12.7. The number of fused-ring (bicyclic) bond motifs is 2. The van der Waals surface area contributed by atoms with Crippen LogP contribution in [0.4, 0.5) is 0 Å². The van der Waals surface area contributed by atoms with Gasteiger partial charge in [0.1, 0.15) is 29.1 Å². The van der Waals surface area contributed by atoms with Crippen molar-refractivity contribution in [2.75, 3.05) is 34.7 Å². The molecule has 0 aliphatic carbocycles. The van der Waals surface area contributed by atoms with Gasteiger partial charge in [0.25, 0.3) is 0 Å². The van der Waals surface area contributed by atoms with Crippen LogP contribution in [0.3, 0.4) is 0 Å². The molecule has 3 aliphatic rings. The van der Waals surface area contributed by atoms with E-state index < -0.39 is 41.3 Å². The summed E-state index contributed by atoms with van der Waals surface area (Å²) in [5.41, 5.74) is -1.39. The third-order valence-electron chi connectivity index (χ3n) is 9.25.